The molecule has 0 saturated carbocycles. The van der Waals surface area contributed by atoms with Crippen LogP contribution in [0.15, 0.2) is 78.9 Å². The van der Waals surface area contributed by atoms with Crippen molar-refractivity contribution in [3.63, 3.8) is 0 Å². The Hall–Kier alpha value is -3.32. The minimum Gasteiger partial charge on any atom is -0.443 e. The molecule has 1 aliphatic rings. The molecular formula is C27H26F3NO3. The highest BCUT2D eigenvalue weighted by molar-refractivity contribution is 5.91. The van der Waals surface area contributed by atoms with Gasteiger partial charge in [-0.25, -0.2) is 4.79 Å². The van der Waals surface area contributed by atoms with Gasteiger partial charge < -0.3 is 9.47 Å². The summed E-state index contributed by atoms with van der Waals surface area (Å²) in [4.78, 5) is 14.1. The van der Waals surface area contributed by atoms with Gasteiger partial charge in [0.25, 0.3) is 0 Å². The van der Waals surface area contributed by atoms with Crippen LogP contribution in [0.3, 0.4) is 0 Å². The Morgan fingerprint density at radius 3 is 2.09 bits per heavy atom. The molecule has 3 aromatic rings. The first-order valence-electron chi connectivity index (χ1n) is 11.0. The smallest absolute Gasteiger partial charge is 0.418 e. The zero-order valence-electron chi connectivity index (χ0n) is 19.2. The van der Waals surface area contributed by atoms with Crippen molar-refractivity contribution in [2.75, 3.05) is 4.90 Å². The maximum Gasteiger partial charge on any atom is 0.418 e. The van der Waals surface area contributed by atoms with Crippen molar-refractivity contribution in [2.45, 2.75) is 51.3 Å². The van der Waals surface area contributed by atoms with Gasteiger partial charge in [0.05, 0.1) is 5.69 Å². The van der Waals surface area contributed by atoms with E-state index in [9.17, 15) is 18.0 Å². The number of halogens is 3. The zero-order valence-corrected chi connectivity index (χ0v) is 19.2. The van der Waals surface area contributed by atoms with Crippen molar-refractivity contribution < 1.29 is 27.4 Å². The van der Waals surface area contributed by atoms with E-state index in [1.165, 1.54) is 17.0 Å². The summed E-state index contributed by atoms with van der Waals surface area (Å²) in [6, 6.07) is 22.5. The van der Waals surface area contributed by atoms with Crippen LogP contribution in [0, 0.1) is 0 Å². The van der Waals surface area contributed by atoms with Crippen LogP contribution in [0.25, 0.3) is 11.1 Å². The molecule has 2 unspecified atom stereocenters. The largest absolute Gasteiger partial charge is 0.443 e. The Morgan fingerprint density at radius 1 is 0.882 bits per heavy atom. The lowest BCUT2D eigenvalue weighted by atomic mass is 10.0. The van der Waals surface area contributed by atoms with Gasteiger partial charge in [-0.05, 0) is 49.1 Å². The zero-order chi connectivity index (χ0) is 24.5. The third-order valence-electron chi connectivity index (χ3n) is 5.43. The summed E-state index contributed by atoms with van der Waals surface area (Å²) in [5.74, 6) is 0. The van der Waals surface area contributed by atoms with Crippen molar-refractivity contribution in [3.05, 3.63) is 90.0 Å². The average molecular weight is 470 g/mol. The van der Waals surface area contributed by atoms with Gasteiger partial charge in [-0.1, -0.05) is 72.8 Å². The first kappa shape index (κ1) is 23.8. The monoisotopic (exact) mass is 469 g/mol. The molecule has 1 amide bonds. The van der Waals surface area contributed by atoms with Gasteiger partial charge in [0.2, 0.25) is 0 Å². The van der Waals surface area contributed by atoms with Gasteiger partial charge in [0, 0.05) is 6.42 Å². The van der Waals surface area contributed by atoms with Crippen molar-refractivity contribution in [1.29, 1.82) is 0 Å². The molecule has 4 rings (SSSR count). The van der Waals surface area contributed by atoms with E-state index < -0.39 is 30.2 Å². The molecular weight excluding hydrogens is 443 g/mol. The predicted molar refractivity (Wildman–Crippen MR) is 124 cm³/mol. The number of amides is 1. The van der Waals surface area contributed by atoms with E-state index in [4.69, 9.17) is 9.47 Å². The summed E-state index contributed by atoms with van der Waals surface area (Å²) in [7, 11) is 0. The molecule has 7 heteroatoms. The summed E-state index contributed by atoms with van der Waals surface area (Å²) in [5.41, 5.74) is 2.07. The molecule has 4 nitrogen and oxygen atoms in total. The number of benzene rings is 3. The van der Waals surface area contributed by atoms with Gasteiger partial charge in [0.15, 0.2) is 6.10 Å². The van der Waals surface area contributed by atoms with Crippen LogP contribution >= 0.6 is 0 Å². The molecule has 2 atom stereocenters. The van der Waals surface area contributed by atoms with E-state index in [0.29, 0.717) is 5.69 Å². The topological polar surface area (TPSA) is 38.8 Å². The van der Waals surface area contributed by atoms with Gasteiger partial charge in [-0.3, -0.25) is 4.90 Å². The van der Waals surface area contributed by atoms with Crippen LogP contribution in [0.2, 0.25) is 0 Å². The number of nitrogens with zero attached hydrogens (tertiary/aromatic N) is 1. The Bertz CT molecular complexity index is 1140. The number of carbonyl (C=O) groups is 1. The van der Waals surface area contributed by atoms with E-state index >= 15 is 0 Å². The first-order valence-corrected chi connectivity index (χ1v) is 11.0. The Morgan fingerprint density at radius 2 is 1.47 bits per heavy atom. The first-order chi connectivity index (χ1) is 16.0. The lowest BCUT2D eigenvalue weighted by molar-refractivity contribution is -0.235. The Labute approximate surface area is 196 Å². The van der Waals surface area contributed by atoms with E-state index in [-0.39, 0.29) is 12.0 Å². The number of fused-ring (bicyclic) bond motifs is 1. The van der Waals surface area contributed by atoms with Crippen molar-refractivity contribution in [3.8, 4) is 11.1 Å². The normalized spacial score (nSPS) is 16.8. The lowest BCUT2D eigenvalue weighted by Crippen LogP contribution is -2.44. The van der Waals surface area contributed by atoms with E-state index in [1.807, 2.05) is 30.3 Å². The van der Waals surface area contributed by atoms with Crippen LogP contribution in [0.1, 0.15) is 38.0 Å². The predicted octanol–water partition coefficient (Wildman–Crippen LogP) is 7.30. The van der Waals surface area contributed by atoms with Gasteiger partial charge >= 0.3 is 12.3 Å². The molecule has 0 bridgehead atoms. The number of rotatable bonds is 4. The molecule has 3 aromatic carbocycles. The van der Waals surface area contributed by atoms with E-state index in [2.05, 4.69) is 0 Å². The number of para-hydroxylation sites is 1. The second kappa shape index (κ2) is 9.14. The van der Waals surface area contributed by atoms with Crippen LogP contribution in [0.4, 0.5) is 23.7 Å². The molecule has 0 aromatic heterocycles. The third kappa shape index (κ3) is 5.25. The van der Waals surface area contributed by atoms with Crippen molar-refractivity contribution in [2.24, 2.45) is 0 Å². The average Bonchev–Trinajstić information content (AvgIpc) is 3.15. The fourth-order valence-corrected chi connectivity index (χ4v) is 3.97. The molecule has 0 aliphatic carbocycles. The highest BCUT2D eigenvalue weighted by Gasteiger charge is 2.47. The second-order valence-electron chi connectivity index (χ2n) is 9.18. The van der Waals surface area contributed by atoms with Gasteiger partial charge in [0.1, 0.15) is 11.8 Å². The number of ether oxygens (including phenoxy) is 2. The second-order valence-corrected chi connectivity index (χ2v) is 9.18. The Kier molecular flexibility index (Phi) is 6.41. The van der Waals surface area contributed by atoms with Crippen LogP contribution in [-0.2, 0) is 15.9 Å². The molecule has 1 heterocycles. The van der Waals surface area contributed by atoms with Crippen LogP contribution < -0.4 is 4.90 Å². The third-order valence-corrected chi connectivity index (χ3v) is 5.43. The molecule has 178 valence electrons. The van der Waals surface area contributed by atoms with E-state index in [0.717, 1.165) is 16.7 Å². The number of alkyl halides is 3. The van der Waals surface area contributed by atoms with Gasteiger partial charge in [-0.15, -0.1) is 0 Å². The molecule has 0 fully saturated rings. The maximum atomic E-state index is 14.2. The van der Waals surface area contributed by atoms with Crippen LogP contribution in [0.5, 0.6) is 0 Å². The molecule has 34 heavy (non-hydrogen) atoms. The molecule has 1 aliphatic heterocycles. The molecule has 0 radical (unpaired) electrons. The summed E-state index contributed by atoms with van der Waals surface area (Å²) in [5, 5.41) is 0. The lowest BCUT2D eigenvalue weighted by Gasteiger charge is -2.32. The highest BCUT2D eigenvalue weighted by Crippen LogP contribution is 2.42. The summed E-state index contributed by atoms with van der Waals surface area (Å²) in [6.07, 6.45) is -8.66. The fraction of sp³-hybridized carbons (Fsp3) is 0.296. The van der Waals surface area contributed by atoms with Gasteiger partial charge in [-0.2, -0.15) is 13.2 Å². The quantitative estimate of drug-likeness (QED) is 0.403. The number of hydrogen-bond donors (Lipinski definition) is 0. The van der Waals surface area contributed by atoms with Crippen molar-refractivity contribution in [1.82, 2.24) is 0 Å². The minimum atomic E-state index is -4.68. The van der Waals surface area contributed by atoms with Crippen LogP contribution in [-0.4, -0.2) is 24.1 Å². The fourth-order valence-electron chi connectivity index (χ4n) is 3.97. The highest BCUT2D eigenvalue weighted by atomic mass is 19.4. The van der Waals surface area contributed by atoms with Crippen molar-refractivity contribution >= 4 is 11.8 Å². The standard InChI is InChI=1S/C27H26F3NO3/c1-26(2,3)34-25(32)31-22-12-8-7-11-21(22)17-23(31)33-24(27(28,29)30)20-15-13-19(14-16-20)18-9-5-4-6-10-18/h4-16,23-24H,17H2,1-3H3. The number of anilines is 1. The molecule has 0 saturated heterocycles. The van der Waals surface area contributed by atoms with E-state index in [1.54, 1.807) is 57.2 Å². The molecule has 0 N–H and O–H groups in total. The number of carbonyl (C=O) groups excluding carboxylic acids is 1. The maximum absolute atomic E-state index is 14.2. The minimum absolute atomic E-state index is 0.0349. The SMILES string of the molecule is CC(C)(C)OC(=O)N1c2ccccc2CC1OC(c1ccc(-c2ccccc2)cc1)C(F)(F)F. The summed E-state index contributed by atoms with van der Waals surface area (Å²) in [6.45, 7) is 5.11. The summed E-state index contributed by atoms with van der Waals surface area (Å²) < 4.78 is 53.6. The molecule has 0 spiro atoms. The number of hydrogen-bond acceptors (Lipinski definition) is 3. The Balaban J connectivity index is 1.63. The summed E-state index contributed by atoms with van der Waals surface area (Å²) >= 11 is 0.